The molecule has 0 radical (unpaired) electrons. The lowest BCUT2D eigenvalue weighted by Gasteiger charge is -2.43. The molecule has 2 nitrogen and oxygen atoms in total. The maximum absolute atomic E-state index is 6.11. The second kappa shape index (κ2) is 4.88. The zero-order chi connectivity index (χ0) is 14.5. The van der Waals surface area contributed by atoms with E-state index in [1.54, 1.807) is 0 Å². The summed E-state index contributed by atoms with van der Waals surface area (Å²) in [6.07, 6.45) is 7.19. The van der Waals surface area contributed by atoms with E-state index in [-0.39, 0.29) is 18.3 Å². The monoisotopic (exact) mass is 276 g/mol. The second-order valence-corrected chi connectivity index (χ2v) is 8.16. The molecule has 1 unspecified atom stereocenters. The van der Waals surface area contributed by atoms with Crippen molar-refractivity contribution in [2.24, 2.45) is 17.8 Å². The number of rotatable bonds is 2. The fourth-order valence-corrected chi connectivity index (χ4v) is 4.23. The lowest BCUT2D eigenvalue weighted by molar-refractivity contribution is 0.00578. The lowest BCUT2D eigenvalue weighted by Crippen LogP contribution is -2.41. The minimum Gasteiger partial charge on any atom is -0.400 e. The van der Waals surface area contributed by atoms with Gasteiger partial charge in [0.2, 0.25) is 0 Å². The van der Waals surface area contributed by atoms with Crippen LogP contribution in [0, 0.1) is 17.8 Å². The molecule has 20 heavy (non-hydrogen) atoms. The summed E-state index contributed by atoms with van der Waals surface area (Å²) in [7, 11) is -0.166. The van der Waals surface area contributed by atoms with Crippen molar-refractivity contribution in [2.45, 2.75) is 77.9 Å². The number of hydrogen-bond donors (Lipinski definition) is 0. The van der Waals surface area contributed by atoms with Crippen LogP contribution in [0.4, 0.5) is 0 Å². The van der Waals surface area contributed by atoms with Crippen LogP contribution in [0.5, 0.6) is 0 Å². The Balaban J connectivity index is 1.70. The van der Waals surface area contributed by atoms with Gasteiger partial charge in [0.05, 0.1) is 11.2 Å². The molecule has 2 bridgehead atoms. The normalized spacial score (nSPS) is 39.4. The van der Waals surface area contributed by atoms with Crippen LogP contribution in [0.2, 0.25) is 0 Å². The van der Waals surface area contributed by atoms with E-state index in [0.717, 1.165) is 17.8 Å². The van der Waals surface area contributed by atoms with E-state index in [0.29, 0.717) is 0 Å². The van der Waals surface area contributed by atoms with E-state index < -0.39 is 0 Å². The van der Waals surface area contributed by atoms with E-state index in [4.69, 9.17) is 9.31 Å². The van der Waals surface area contributed by atoms with Gasteiger partial charge in [0, 0.05) is 0 Å². The summed E-state index contributed by atoms with van der Waals surface area (Å²) in [6, 6.07) is 0. The van der Waals surface area contributed by atoms with E-state index in [1.165, 1.54) is 37.7 Å². The van der Waals surface area contributed by atoms with Gasteiger partial charge in [-0.25, -0.2) is 0 Å². The predicted molar refractivity (Wildman–Crippen MR) is 83.4 cm³/mol. The van der Waals surface area contributed by atoms with Crippen molar-refractivity contribution in [3.63, 3.8) is 0 Å². The predicted octanol–water partition coefficient (Wildman–Crippen LogP) is 4.39. The van der Waals surface area contributed by atoms with Crippen molar-refractivity contribution in [3.8, 4) is 0 Å². The molecule has 0 aromatic heterocycles. The van der Waals surface area contributed by atoms with Crippen molar-refractivity contribution in [1.29, 1.82) is 0 Å². The summed E-state index contributed by atoms with van der Waals surface area (Å²) >= 11 is 0. The minimum atomic E-state index is -0.222. The average Bonchev–Trinajstić information content (AvgIpc) is 2.58. The Hall–Kier alpha value is -0.275. The van der Waals surface area contributed by atoms with Crippen LogP contribution >= 0.6 is 0 Å². The minimum absolute atomic E-state index is 0.166. The van der Waals surface area contributed by atoms with Crippen LogP contribution in [0.3, 0.4) is 0 Å². The van der Waals surface area contributed by atoms with Crippen LogP contribution in [0.1, 0.15) is 66.7 Å². The highest BCUT2D eigenvalue weighted by Crippen LogP contribution is 2.48. The second-order valence-electron chi connectivity index (χ2n) is 8.16. The number of allylic oxidation sites excluding steroid dienone is 1. The lowest BCUT2D eigenvalue weighted by atomic mass is 9.62. The standard InChI is InChI=1S/C17H29BO2/c1-12(15-10-13-6-8-14(15)9-7-13)11-18-19-16(2,3)17(4,5)20-18/h11,13-15H,6-10H2,1-5H3/b12-11-. The molecule has 3 heteroatoms. The van der Waals surface area contributed by atoms with Crippen molar-refractivity contribution in [1.82, 2.24) is 0 Å². The maximum atomic E-state index is 6.11. The molecule has 3 saturated carbocycles. The fraction of sp³-hybridized carbons (Fsp3) is 0.882. The highest BCUT2D eigenvalue weighted by atomic mass is 16.7. The SMILES string of the molecule is C/C(=C/B1OC(C)(C)C(C)(C)O1)C1CC2CCC1CC2. The Morgan fingerprint density at radius 2 is 1.55 bits per heavy atom. The van der Waals surface area contributed by atoms with Gasteiger partial charge in [-0.1, -0.05) is 24.4 Å². The van der Waals surface area contributed by atoms with E-state index in [2.05, 4.69) is 40.6 Å². The van der Waals surface area contributed by atoms with Crippen molar-refractivity contribution in [3.05, 3.63) is 11.5 Å². The Bertz CT molecular complexity index is 389. The fourth-order valence-electron chi connectivity index (χ4n) is 4.23. The topological polar surface area (TPSA) is 18.5 Å². The third-order valence-electron chi connectivity index (χ3n) is 6.30. The molecule has 0 aromatic carbocycles. The zero-order valence-electron chi connectivity index (χ0n) is 13.7. The smallest absolute Gasteiger partial charge is 0.400 e. The molecule has 3 aliphatic carbocycles. The molecular weight excluding hydrogens is 247 g/mol. The van der Waals surface area contributed by atoms with Crippen molar-refractivity contribution < 1.29 is 9.31 Å². The Morgan fingerprint density at radius 3 is 2.00 bits per heavy atom. The van der Waals surface area contributed by atoms with Gasteiger partial charge in [-0.15, -0.1) is 0 Å². The number of hydrogen-bond acceptors (Lipinski definition) is 2. The molecule has 4 rings (SSSR count). The summed E-state index contributed by atoms with van der Waals surface area (Å²) < 4.78 is 12.2. The molecule has 0 spiro atoms. The highest BCUT2D eigenvalue weighted by Gasteiger charge is 2.50. The van der Waals surface area contributed by atoms with Gasteiger partial charge in [0.1, 0.15) is 0 Å². The Labute approximate surface area is 124 Å². The molecule has 4 aliphatic rings. The van der Waals surface area contributed by atoms with Gasteiger partial charge < -0.3 is 9.31 Å². The maximum Gasteiger partial charge on any atom is 0.487 e. The quantitative estimate of drug-likeness (QED) is 0.696. The molecule has 1 heterocycles. The molecule has 4 fully saturated rings. The van der Waals surface area contributed by atoms with Crippen LogP contribution in [0.15, 0.2) is 11.5 Å². The van der Waals surface area contributed by atoms with Crippen LogP contribution in [-0.4, -0.2) is 18.3 Å². The van der Waals surface area contributed by atoms with Gasteiger partial charge in [-0.3, -0.25) is 0 Å². The summed E-state index contributed by atoms with van der Waals surface area (Å²) in [6.45, 7) is 10.8. The van der Waals surface area contributed by atoms with Crippen molar-refractivity contribution in [2.75, 3.05) is 0 Å². The third kappa shape index (κ3) is 2.48. The average molecular weight is 276 g/mol. The molecule has 0 amide bonds. The summed E-state index contributed by atoms with van der Waals surface area (Å²) in [5.74, 6) is 4.92. The molecule has 112 valence electrons. The van der Waals surface area contributed by atoms with Crippen molar-refractivity contribution >= 4 is 7.12 Å². The van der Waals surface area contributed by atoms with Crippen LogP contribution in [-0.2, 0) is 9.31 Å². The van der Waals surface area contributed by atoms with Gasteiger partial charge in [-0.05, 0) is 71.6 Å². The van der Waals surface area contributed by atoms with E-state index >= 15 is 0 Å². The van der Waals surface area contributed by atoms with Gasteiger partial charge in [0.25, 0.3) is 0 Å². The highest BCUT2D eigenvalue weighted by molar-refractivity contribution is 6.51. The first-order chi connectivity index (χ1) is 9.28. The van der Waals surface area contributed by atoms with Gasteiger partial charge in [-0.2, -0.15) is 0 Å². The molecule has 1 aliphatic heterocycles. The van der Waals surface area contributed by atoms with E-state index in [9.17, 15) is 0 Å². The van der Waals surface area contributed by atoms with Gasteiger partial charge >= 0.3 is 7.12 Å². The molecular formula is C17H29BO2. The summed E-state index contributed by atoms with van der Waals surface area (Å²) in [5, 5.41) is 0. The van der Waals surface area contributed by atoms with E-state index in [1.807, 2.05) is 0 Å². The summed E-state index contributed by atoms with van der Waals surface area (Å²) in [5.41, 5.74) is 1.05. The first kappa shape index (κ1) is 14.7. The number of fused-ring (bicyclic) bond motifs is 3. The first-order valence-corrected chi connectivity index (χ1v) is 8.32. The third-order valence-corrected chi connectivity index (χ3v) is 6.30. The largest absolute Gasteiger partial charge is 0.487 e. The molecule has 0 aromatic rings. The molecule has 0 N–H and O–H groups in total. The van der Waals surface area contributed by atoms with Crippen LogP contribution < -0.4 is 0 Å². The Morgan fingerprint density at radius 1 is 1.00 bits per heavy atom. The van der Waals surface area contributed by atoms with Crippen LogP contribution in [0.25, 0.3) is 0 Å². The Kier molecular flexibility index (Phi) is 3.57. The van der Waals surface area contributed by atoms with Gasteiger partial charge in [0.15, 0.2) is 0 Å². The summed E-state index contributed by atoms with van der Waals surface area (Å²) in [4.78, 5) is 0. The molecule has 1 saturated heterocycles. The first-order valence-electron chi connectivity index (χ1n) is 8.32. The zero-order valence-corrected chi connectivity index (χ0v) is 13.7. The molecule has 1 atom stereocenters.